The molecule has 0 spiro atoms. The number of esters is 1. The Hall–Kier alpha value is -2.76. The van der Waals surface area contributed by atoms with Gasteiger partial charge < -0.3 is 19.5 Å². The molecule has 1 aromatic rings. The average Bonchev–Trinajstić information content (AvgIpc) is 2.64. The molecular formula is C24H31NO5. The van der Waals surface area contributed by atoms with Crippen molar-refractivity contribution < 1.29 is 23.8 Å². The highest BCUT2D eigenvalue weighted by molar-refractivity contribution is 6.04. The largest absolute Gasteiger partial charge is 0.497 e. The predicted molar refractivity (Wildman–Crippen MR) is 114 cm³/mol. The van der Waals surface area contributed by atoms with Gasteiger partial charge >= 0.3 is 5.97 Å². The van der Waals surface area contributed by atoms with Crippen molar-refractivity contribution in [3.8, 4) is 11.5 Å². The summed E-state index contributed by atoms with van der Waals surface area (Å²) in [6.45, 7) is 9.65. The van der Waals surface area contributed by atoms with Crippen LogP contribution >= 0.6 is 0 Å². The van der Waals surface area contributed by atoms with Crippen LogP contribution in [-0.4, -0.2) is 32.1 Å². The fraction of sp³-hybridized carbons (Fsp3) is 0.500. The van der Waals surface area contributed by atoms with Crippen molar-refractivity contribution in [1.29, 1.82) is 0 Å². The van der Waals surface area contributed by atoms with Gasteiger partial charge in [0.15, 0.2) is 5.78 Å². The maximum Gasteiger partial charge on any atom is 0.337 e. The zero-order valence-electron chi connectivity index (χ0n) is 18.8. The van der Waals surface area contributed by atoms with Gasteiger partial charge in [0.2, 0.25) is 0 Å². The molecule has 0 saturated carbocycles. The Morgan fingerprint density at radius 3 is 2.23 bits per heavy atom. The van der Waals surface area contributed by atoms with E-state index in [-0.39, 0.29) is 17.3 Å². The summed E-state index contributed by atoms with van der Waals surface area (Å²) in [6.07, 6.45) is 0.890. The van der Waals surface area contributed by atoms with E-state index in [2.05, 4.69) is 19.2 Å². The minimum Gasteiger partial charge on any atom is -0.497 e. The van der Waals surface area contributed by atoms with Crippen molar-refractivity contribution in [3.05, 3.63) is 46.3 Å². The molecule has 6 heteroatoms. The van der Waals surface area contributed by atoms with E-state index in [4.69, 9.17) is 14.2 Å². The highest BCUT2D eigenvalue weighted by Gasteiger charge is 2.43. The highest BCUT2D eigenvalue weighted by atomic mass is 16.5. The van der Waals surface area contributed by atoms with Crippen LogP contribution in [0.5, 0.6) is 11.5 Å². The lowest BCUT2D eigenvalue weighted by atomic mass is 9.68. The number of dihydropyridines is 1. The molecule has 30 heavy (non-hydrogen) atoms. The summed E-state index contributed by atoms with van der Waals surface area (Å²) in [7, 11) is 3.16. The minimum absolute atomic E-state index is 0.0443. The summed E-state index contributed by atoms with van der Waals surface area (Å²) in [4.78, 5) is 26.4. The maximum absolute atomic E-state index is 13.3. The summed E-state index contributed by atoms with van der Waals surface area (Å²) in [5, 5.41) is 3.34. The first-order valence-electron chi connectivity index (χ1n) is 10.2. The van der Waals surface area contributed by atoms with Gasteiger partial charge in [0, 0.05) is 35.4 Å². The minimum atomic E-state index is -0.542. The molecule has 1 aliphatic carbocycles. The molecule has 162 valence electrons. The van der Waals surface area contributed by atoms with E-state index in [1.165, 1.54) is 0 Å². The monoisotopic (exact) mass is 413 g/mol. The SMILES string of the molecule is COc1cc(OC)cc([C@@H]2C(C(=O)OC(C)C)=C(C)NC3=C2C(=O)CC(C)(C)C3)c1. The van der Waals surface area contributed by atoms with Crippen molar-refractivity contribution in [2.45, 2.75) is 59.5 Å². The third-order valence-electron chi connectivity index (χ3n) is 5.51. The van der Waals surface area contributed by atoms with E-state index in [0.717, 1.165) is 17.7 Å². The van der Waals surface area contributed by atoms with E-state index in [1.807, 2.05) is 32.9 Å². The topological polar surface area (TPSA) is 73.9 Å². The molecular weight excluding hydrogens is 382 g/mol. The Bertz CT molecular complexity index is 917. The number of hydrogen-bond acceptors (Lipinski definition) is 6. The highest BCUT2D eigenvalue weighted by Crippen LogP contribution is 2.47. The van der Waals surface area contributed by atoms with Crippen LogP contribution in [0.4, 0.5) is 0 Å². The lowest BCUT2D eigenvalue weighted by Gasteiger charge is -2.39. The number of allylic oxidation sites excluding steroid dienone is 3. The van der Waals surface area contributed by atoms with Gasteiger partial charge in [0.05, 0.1) is 25.9 Å². The number of carbonyl (C=O) groups is 2. The quantitative estimate of drug-likeness (QED) is 0.727. The van der Waals surface area contributed by atoms with E-state index < -0.39 is 11.9 Å². The van der Waals surface area contributed by atoms with Crippen molar-refractivity contribution in [2.75, 3.05) is 14.2 Å². The van der Waals surface area contributed by atoms with E-state index in [9.17, 15) is 9.59 Å². The molecule has 6 nitrogen and oxygen atoms in total. The van der Waals surface area contributed by atoms with Gasteiger partial charge in [0.1, 0.15) is 11.5 Å². The summed E-state index contributed by atoms with van der Waals surface area (Å²) < 4.78 is 16.4. The van der Waals surface area contributed by atoms with Crippen LogP contribution in [0.25, 0.3) is 0 Å². The Morgan fingerprint density at radius 1 is 1.10 bits per heavy atom. The normalized spacial score (nSPS) is 20.7. The number of rotatable bonds is 5. The number of carbonyl (C=O) groups excluding carboxylic acids is 2. The van der Waals surface area contributed by atoms with Crippen molar-refractivity contribution in [3.63, 3.8) is 0 Å². The maximum atomic E-state index is 13.3. The molecule has 0 aromatic heterocycles. The molecule has 0 saturated heterocycles. The van der Waals surface area contributed by atoms with Gasteiger partial charge in [0.25, 0.3) is 0 Å². The third-order valence-corrected chi connectivity index (χ3v) is 5.51. The van der Waals surface area contributed by atoms with Crippen LogP contribution in [0, 0.1) is 5.41 Å². The number of nitrogens with one attached hydrogen (secondary N) is 1. The van der Waals surface area contributed by atoms with Gasteiger partial charge in [-0.15, -0.1) is 0 Å². The fourth-order valence-electron chi connectivity index (χ4n) is 4.31. The number of ether oxygens (including phenoxy) is 3. The molecule has 0 fully saturated rings. The fourth-order valence-corrected chi connectivity index (χ4v) is 4.31. The van der Waals surface area contributed by atoms with Crippen molar-refractivity contribution in [2.24, 2.45) is 5.41 Å². The molecule has 1 heterocycles. The van der Waals surface area contributed by atoms with Crippen LogP contribution in [0.15, 0.2) is 40.7 Å². The first kappa shape index (κ1) is 21.9. The van der Waals surface area contributed by atoms with Crippen LogP contribution < -0.4 is 14.8 Å². The zero-order valence-corrected chi connectivity index (χ0v) is 18.8. The number of Topliss-reactive ketones (excluding diaryl/α,β-unsaturated/α-hetero) is 1. The molecule has 0 unspecified atom stereocenters. The lowest BCUT2D eigenvalue weighted by molar-refractivity contribution is -0.143. The van der Waals surface area contributed by atoms with Gasteiger partial charge in [-0.1, -0.05) is 13.8 Å². The smallest absolute Gasteiger partial charge is 0.337 e. The molecule has 1 aromatic carbocycles. The summed E-state index contributed by atoms with van der Waals surface area (Å²) in [6, 6.07) is 5.48. The molecule has 3 rings (SSSR count). The number of ketones is 1. The first-order chi connectivity index (χ1) is 14.1. The molecule has 2 aliphatic rings. The summed E-state index contributed by atoms with van der Waals surface area (Å²) in [5.74, 6) is 0.277. The van der Waals surface area contributed by atoms with Gasteiger partial charge in [-0.3, -0.25) is 4.79 Å². The predicted octanol–water partition coefficient (Wildman–Crippen LogP) is 4.26. The average molecular weight is 414 g/mol. The first-order valence-corrected chi connectivity index (χ1v) is 10.2. The second-order valence-electron chi connectivity index (χ2n) is 9.03. The summed E-state index contributed by atoms with van der Waals surface area (Å²) >= 11 is 0. The van der Waals surface area contributed by atoms with Crippen LogP contribution in [0.3, 0.4) is 0 Å². The second-order valence-corrected chi connectivity index (χ2v) is 9.03. The van der Waals surface area contributed by atoms with Gasteiger partial charge in [-0.2, -0.15) is 0 Å². The molecule has 0 radical (unpaired) electrons. The zero-order chi connectivity index (χ0) is 22.2. The van der Waals surface area contributed by atoms with Crippen molar-refractivity contribution in [1.82, 2.24) is 5.32 Å². The van der Waals surface area contributed by atoms with Gasteiger partial charge in [-0.05, 0) is 50.3 Å². The molecule has 1 atom stereocenters. The third kappa shape index (κ3) is 4.23. The molecule has 1 aliphatic heterocycles. The Kier molecular flexibility index (Phi) is 5.97. The molecule has 1 N–H and O–H groups in total. The standard InChI is InChI=1S/C24H31NO5/c1-13(2)30-23(27)20-14(3)25-18-11-24(4,5)12-19(26)22(18)21(20)15-8-16(28-6)10-17(9-15)29-7/h8-10,13,21,25H,11-12H2,1-7H3/t21-/m1/s1. The Morgan fingerprint density at radius 2 is 1.70 bits per heavy atom. The van der Waals surface area contributed by atoms with E-state index in [1.54, 1.807) is 20.3 Å². The number of benzene rings is 1. The van der Waals surface area contributed by atoms with Crippen LogP contribution in [0.2, 0.25) is 0 Å². The molecule has 0 amide bonds. The Balaban J connectivity index is 2.23. The Labute approximate surface area is 178 Å². The number of methoxy groups -OCH3 is 2. The van der Waals surface area contributed by atoms with Crippen LogP contribution in [0.1, 0.15) is 58.9 Å². The van der Waals surface area contributed by atoms with Crippen molar-refractivity contribution >= 4 is 11.8 Å². The van der Waals surface area contributed by atoms with Crippen LogP contribution in [-0.2, 0) is 14.3 Å². The summed E-state index contributed by atoms with van der Waals surface area (Å²) in [5.41, 5.74) is 3.29. The van der Waals surface area contributed by atoms with E-state index >= 15 is 0 Å². The van der Waals surface area contributed by atoms with Gasteiger partial charge in [-0.25, -0.2) is 4.79 Å². The second kappa shape index (κ2) is 8.17. The number of hydrogen-bond donors (Lipinski definition) is 1. The van der Waals surface area contributed by atoms with E-state index in [0.29, 0.717) is 34.8 Å². The molecule has 0 bridgehead atoms. The lowest BCUT2D eigenvalue weighted by Crippen LogP contribution is -2.39.